The lowest BCUT2D eigenvalue weighted by Gasteiger charge is -2.16. The first-order valence-corrected chi connectivity index (χ1v) is 7.23. The Labute approximate surface area is 141 Å². The fraction of sp³-hybridized carbons (Fsp3) is 0.211. The molecule has 0 radical (unpaired) electrons. The summed E-state index contributed by atoms with van der Waals surface area (Å²) < 4.78 is 21.5. The summed E-state index contributed by atoms with van der Waals surface area (Å²) >= 11 is 0. The summed E-state index contributed by atoms with van der Waals surface area (Å²) in [4.78, 5) is 0. The molecule has 24 heavy (non-hydrogen) atoms. The predicted octanol–water partition coefficient (Wildman–Crippen LogP) is 3.68. The Kier molecular flexibility index (Phi) is 5.69. The first-order chi connectivity index (χ1) is 11.7. The number of hydrogen-bond acceptors (Lipinski definition) is 5. The molecule has 0 aliphatic heterocycles. The molecular formula is C19H19NO4. The van der Waals surface area contributed by atoms with Crippen LogP contribution in [0.3, 0.4) is 0 Å². The Bertz CT molecular complexity index is 768. The maximum atomic E-state index is 9.24. The molecule has 0 bridgehead atoms. The van der Waals surface area contributed by atoms with Gasteiger partial charge >= 0.3 is 0 Å². The summed E-state index contributed by atoms with van der Waals surface area (Å²) in [7, 11) is 6.30. The zero-order valence-corrected chi connectivity index (χ0v) is 14.1. The average molecular weight is 325 g/mol. The molecule has 2 aromatic rings. The minimum absolute atomic E-state index is 0.559. The predicted molar refractivity (Wildman–Crippen MR) is 91.8 cm³/mol. The van der Waals surface area contributed by atoms with Crippen LogP contribution in [0.15, 0.2) is 42.5 Å². The summed E-state index contributed by atoms with van der Waals surface area (Å²) in [6.45, 7) is 0. The molecule has 0 amide bonds. The molecular weight excluding hydrogens is 306 g/mol. The number of nitriles is 1. The first-order valence-electron chi connectivity index (χ1n) is 7.23. The van der Waals surface area contributed by atoms with E-state index >= 15 is 0 Å². The van der Waals surface area contributed by atoms with Crippen molar-refractivity contribution in [2.45, 2.75) is 0 Å². The summed E-state index contributed by atoms with van der Waals surface area (Å²) in [5.41, 5.74) is 2.21. The van der Waals surface area contributed by atoms with Crippen molar-refractivity contribution < 1.29 is 18.9 Å². The molecule has 0 atom stereocenters. The number of nitrogens with zero attached hydrogens (tertiary/aromatic N) is 1. The van der Waals surface area contributed by atoms with Crippen molar-refractivity contribution in [1.82, 2.24) is 0 Å². The van der Waals surface area contributed by atoms with Gasteiger partial charge in [0.2, 0.25) is 0 Å². The van der Waals surface area contributed by atoms with Crippen LogP contribution in [0.5, 0.6) is 23.0 Å². The minimum atomic E-state index is 0.559. The van der Waals surface area contributed by atoms with Gasteiger partial charge in [0, 0.05) is 23.3 Å². The molecule has 0 fully saturated rings. The van der Waals surface area contributed by atoms with Gasteiger partial charge in [0.1, 0.15) is 11.5 Å². The van der Waals surface area contributed by atoms with Crippen molar-refractivity contribution >= 4 is 5.57 Å². The van der Waals surface area contributed by atoms with Gasteiger partial charge in [-0.3, -0.25) is 0 Å². The number of benzene rings is 2. The Morgan fingerprint density at radius 3 is 2.08 bits per heavy atom. The fourth-order valence-corrected chi connectivity index (χ4v) is 2.44. The number of rotatable bonds is 6. The van der Waals surface area contributed by atoms with Crippen LogP contribution in [0.4, 0.5) is 0 Å². The van der Waals surface area contributed by atoms with Gasteiger partial charge in [-0.25, -0.2) is 0 Å². The van der Waals surface area contributed by atoms with Crippen molar-refractivity contribution in [3.8, 4) is 29.1 Å². The highest BCUT2D eigenvalue weighted by atomic mass is 16.5. The Hall–Kier alpha value is -3.13. The highest BCUT2D eigenvalue weighted by Crippen LogP contribution is 2.39. The van der Waals surface area contributed by atoms with E-state index in [0.717, 1.165) is 11.1 Å². The molecule has 2 aromatic carbocycles. The van der Waals surface area contributed by atoms with E-state index in [1.54, 1.807) is 40.6 Å². The van der Waals surface area contributed by atoms with Crippen LogP contribution in [-0.4, -0.2) is 28.4 Å². The number of methoxy groups -OCH3 is 4. The number of allylic oxidation sites excluding steroid dienone is 1. The van der Waals surface area contributed by atoms with E-state index in [1.165, 1.54) is 6.08 Å². The van der Waals surface area contributed by atoms with Crippen LogP contribution in [0.1, 0.15) is 11.1 Å². The summed E-state index contributed by atoms with van der Waals surface area (Å²) in [5.74, 6) is 2.42. The van der Waals surface area contributed by atoms with E-state index in [1.807, 2.05) is 24.3 Å². The van der Waals surface area contributed by atoms with Crippen LogP contribution >= 0.6 is 0 Å². The normalized spacial score (nSPS) is 10.7. The van der Waals surface area contributed by atoms with Crippen molar-refractivity contribution in [3.05, 3.63) is 53.6 Å². The maximum absolute atomic E-state index is 9.24. The van der Waals surface area contributed by atoms with Gasteiger partial charge in [-0.05, 0) is 23.8 Å². The summed E-state index contributed by atoms with van der Waals surface area (Å²) in [5, 5.41) is 9.24. The van der Waals surface area contributed by atoms with Crippen molar-refractivity contribution in [3.63, 3.8) is 0 Å². The Morgan fingerprint density at radius 1 is 0.917 bits per heavy atom. The van der Waals surface area contributed by atoms with Gasteiger partial charge in [0.15, 0.2) is 11.5 Å². The molecule has 0 saturated heterocycles. The number of para-hydroxylation sites is 1. The van der Waals surface area contributed by atoms with Crippen LogP contribution in [0.2, 0.25) is 0 Å². The van der Waals surface area contributed by atoms with E-state index < -0.39 is 0 Å². The van der Waals surface area contributed by atoms with E-state index in [0.29, 0.717) is 28.6 Å². The molecule has 5 nitrogen and oxygen atoms in total. The molecule has 0 saturated carbocycles. The maximum Gasteiger partial charge on any atom is 0.168 e. The second-order valence-corrected chi connectivity index (χ2v) is 4.83. The van der Waals surface area contributed by atoms with Gasteiger partial charge in [-0.1, -0.05) is 12.1 Å². The third-order valence-electron chi connectivity index (χ3n) is 3.56. The minimum Gasteiger partial charge on any atom is -0.497 e. The molecule has 0 aromatic heterocycles. The highest BCUT2D eigenvalue weighted by molar-refractivity contribution is 5.86. The van der Waals surface area contributed by atoms with Gasteiger partial charge in [-0.2, -0.15) is 5.26 Å². The molecule has 5 heteroatoms. The second-order valence-electron chi connectivity index (χ2n) is 4.83. The third-order valence-corrected chi connectivity index (χ3v) is 3.56. The quantitative estimate of drug-likeness (QED) is 0.758. The summed E-state index contributed by atoms with van der Waals surface area (Å²) in [6, 6.07) is 13.1. The third kappa shape index (κ3) is 3.44. The van der Waals surface area contributed by atoms with Crippen molar-refractivity contribution in [1.29, 1.82) is 5.26 Å². The van der Waals surface area contributed by atoms with Crippen LogP contribution in [-0.2, 0) is 0 Å². The Morgan fingerprint density at radius 2 is 1.58 bits per heavy atom. The smallest absolute Gasteiger partial charge is 0.168 e. The Balaban J connectivity index is 2.69. The van der Waals surface area contributed by atoms with Gasteiger partial charge in [0.25, 0.3) is 0 Å². The standard InChI is InChI=1S/C19H19NO4/c1-21-14-10-13(11-15(12-14)22-2)16(8-9-20)17-6-5-7-18(23-3)19(17)24-4/h5-8,10-12H,1-4H3/b16-8+. The molecule has 0 spiro atoms. The van der Waals surface area contributed by atoms with Gasteiger partial charge < -0.3 is 18.9 Å². The first kappa shape index (κ1) is 17.2. The molecule has 0 aliphatic carbocycles. The van der Waals surface area contributed by atoms with E-state index in [4.69, 9.17) is 18.9 Å². The second kappa shape index (κ2) is 7.93. The lowest BCUT2D eigenvalue weighted by Crippen LogP contribution is -1.98. The van der Waals surface area contributed by atoms with E-state index in [-0.39, 0.29) is 0 Å². The highest BCUT2D eigenvalue weighted by Gasteiger charge is 2.16. The topological polar surface area (TPSA) is 60.7 Å². The van der Waals surface area contributed by atoms with Crippen molar-refractivity contribution in [2.24, 2.45) is 0 Å². The average Bonchev–Trinajstić information content (AvgIpc) is 2.64. The van der Waals surface area contributed by atoms with Gasteiger partial charge in [-0.15, -0.1) is 0 Å². The largest absolute Gasteiger partial charge is 0.497 e. The van der Waals surface area contributed by atoms with Crippen LogP contribution < -0.4 is 18.9 Å². The molecule has 0 heterocycles. The molecule has 0 unspecified atom stereocenters. The lowest BCUT2D eigenvalue weighted by atomic mass is 9.96. The molecule has 2 rings (SSSR count). The molecule has 124 valence electrons. The van der Waals surface area contributed by atoms with Gasteiger partial charge in [0.05, 0.1) is 34.5 Å². The van der Waals surface area contributed by atoms with Crippen molar-refractivity contribution in [2.75, 3.05) is 28.4 Å². The summed E-state index contributed by atoms with van der Waals surface area (Å²) in [6.07, 6.45) is 1.46. The number of ether oxygens (including phenoxy) is 4. The monoisotopic (exact) mass is 325 g/mol. The lowest BCUT2D eigenvalue weighted by molar-refractivity contribution is 0.354. The fourth-order valence-electron chi connectivity index (χ4n) is 2.44. The van der Waals surface area contributed by atoms with E-state index in [2.05, 4.69) is 6.07 Å². The molecule has 0 aliphatic rings. The SMILES string of the molecule is COc1cc(OC)cc(/C(=C\C#N)c2cccc(OC)c2OC)c1. The zero-order valence-electron chi connectivity index (χ0n) is 14.1. The van der Waals surface area contributed by atoms with Crippen LogP contribution in [0, 0.1) is 11.3 Å². The van der Waals surface area contributed by atoms with E-state index in [9.17, 15) is 5.26 Å². The molecule has 0 N–H and O–H groups in total. The van der Waals surface area contributed by atoms with Crippen LogP contribution in [0.25, 0.3) is 5.57 Å². The zero-order chi connectivity index (χ0) is 17.5. The number of hydrogen-bond donors (Lipinski definition) is 0.